The van der Waals surface area contributed by atoms with Crippen LogP contribution in [0, 0.1) is 11.8 Å². The van der Waals surface area contributed by atoms with Gasteiger partial charge < -0.3 is 0 Å². The summed E-state index contributed by atoms with van der Waals surface area (Å²) in [6, 6.07) is 0. The van der Waals surface area contributed by atoms with Gasteiger partial charge in [0.2, 0.25) is 0 Å². The lowest BCUT2D eigenvalue weighted by molar-refractivity contribution is 0.258. The minimum Gasteiger partial charge on any atom is -0.0885 e. The number of hydrogen-bond acceptors (Lipinski definition) is 0. The van der Waals surface area contributed by atoms with Crippen molar-refractivity contribution in [3.63, 3.8) is 0 Å². The van der Waals surface area contributed by atoms with E-state index in [2.05, 4.69) is 26.0 Å². The van der Waals surface area contributed by atoms with Crippen molar-refractivity contribution >= 4 is 0 Å². The Kier molecular flexibility index (Phi) is 5.98. The first-order valence-electron chi connectivity index (χ1n) is 6.49. The minimum atomic E-state index is 0.972. The molecule has 1 aliphatic rings. The van der Waals surface area contributed by atoms with E-state index >= 15 is 0 Å². The molecule has 0 nitrogen and oxygen atoms in total. The maximum Gasteiger partial charge on any atom is -0.0320 e. The Balaban J connectivity index is 2.12. The maximum atomic E-state index is 2.43. The van der Waals surface area contributed by atoms with Crippen molar-refractivity contribution < 1.29 is 0 Å². The monoisotopic (exact) mass is 194 g/mol. The lowest BCUT2D eigenvalue weighted by Crippen LogP contribution is -2.15. The highest BCUT2D eigenvalue weighted by Crippen LogP contribution is 2.31. The van der Waals surface area contributed by atoms with Crippen LogP contribution in [-0.4, -0.2) is 0 Å². The summed E-state index contributed by atoms with van der Waals surface area (Å²) in [5.41, 5.74) is 0. The van der Waals surface area contributed by atoms with Crippen LogP contribution in [0.25, 0.3) is 0 Å². The van der Waals surface area contributed by atoms with Gasteiger partial charge in [-0.2, -0.15) is 0 Å². The van der Waals surface area contributed by atoms with Gasteiger partial charge in [0, 0.05) is 0 Å². The van der Waals surface area contributed by atoms with Gasteiger partial charge in [-0.1, -0.05) is 58.1 Å². The number of allylic oxidation sites excluding steroid dienone is 2. The van der Waals surface area contributed by atoms with Crippen molar-refractivity contribution in [3.05, 3.63) is 12.2 Å². The second kappa shape index (κ2) is 7.09. The Labute approximate surface area is 89.8 Å². The molecule has 2 atom stereocenters. The average Bonchev–Trinajstić information content (AvgIpc) is 2.20. The van der Waals surface area contributed by atoms with E-state index in [1.54, 1.807) is 0 Å². The molecule has 0 aromatic carbocycles. The van der Waals surface area contributed by atoms with Crippen molar-refractivity contribution in [2.24, 2.45) is 11.8 Å². The van der Waals surface area contributed by atoms with Crippen molar-refractivity contribution in [2.75, 3.05) is 0 Å². The molecule has 0 aliphatic heterocycles. The molecule has 1 rings (SSSR count). The third-order valence-corrected chi connectivity index (χ3v) is 3.62. The van der Waals surface area contributed by atoms with E-state index < -0.39 is 0 Å². The summed E-state index contributed by atoms with van der Waals surface area (Å²) in [4.78, 5) is 0. The van der Waals surface area contributed by atoms with E-state index in [4.69, 9.17) is 0 Å². The predicted molar refractivity (Wildman–Crippen MR) is 64.4 cm³/mol. The zero-order chi connectivity index (χ0) is 10.2. The zero-order valence-electron chi connectivity index (χ0n) is 9.97. The third-order valence-electron chi connectivity index (χ3n) is 3.62. The smallest absolute Gasteiger partial charge is 0.0320 e. The lowest BCUT2D eigenvalue weighted by Gasteiger charge is -2.27. The van der Waals surface area contributed by atoms with E-state index in [-0.39, 0.29) is 0 Å². The van der Waals surface area contributed by atoms with E-state index in [0.717, 1.165) is 11.8 Å². The summed E-state index contributed by atoms with van der Waals surface area (Å²) in [7, 11) is 0. The third kappa shape index (κ3) is 4.30. The molecule has 0 heteroatoms. The van der Waals surface area contributed by atoms with E-state index in [9.17, 15) is 0 Å². The Morgan fingerprint density at radius 2 is 1.93 bits per heavy atom. The molecule has 14 heavy (non-hydrogen) atoms. The Morgan fingerprint density at radius 1 is 1.14 bits per heavy atom. The highest BCUT2D eigenvalue weighted by atomic mass is 14.2. The summed E-state index contributed by atoms with van der Waals surface area (Å²) in [5.74, 6) is 1.96. The minimum absolute atomic E-state index is 0.972. The van der Waals surface area contributed by atoms with Gasteiger partial charge in [-0.05, 0) is 31.1 Å². The topological polar surface area (TPSA) is 0 Å². The summed E-state index contributed by atoms with van der Waals surface area (Å²) in [6.07, 6.45) is 16.0. The first kappa shape index (κ1) is 11.8. The highest BCUT2D eigenvalue weighted by molar-refractivity contribution is 4.86. The molecule has 0 unspecified atom stereocenters. The highest BCUT2D eigenvalue weighted by Gasteiger charge is 2.19. The van der Waals surface area contributed by atoms with Gasteiger partial charge in [0.1, 0.15) is 0 Å². The molecule has 0 heterocycles. The van der Waals surface area contributed by atoms with Crippen LogP contribution in [0.15, 0.2) is 12.2 Å². The Hall–Kier alpha value is -0.260. The van der Waals surface area contributed by atoms with Gasteiger partial charge in [0.05, 0.1) is 0 Å². The summed E-state index contributed by atoms with van der Waals surface area (Å²) in [5, 5.41) is 0. The molecule has 0 saturated heterocycles. The molecular formula is C14H26. The second-order valence-corrected chi connectivity index (χ2v) is 4.87. The van der Waals surface area contributed by atoms with Crippen LogP contribution >= 0.6 is 0 Å². The second-order valence-electron chi connectivity index (χ2n) is 4.87. The molecule has 1 saturated carbocycles. The number of hydrogen-bond donors (Lipinski definition) is 0. The molecule has 0 bridgehead atoms. The van der Waals surface area contributed by atoms with Gasteiger partial charge in [-0.3, -0.25) is 0 Å². The number of unbranched alkanes of at least 4 members (excludes halogenated alkanes) is 2. The van der Waals surface area contributed by atoms with E-state index in [1.165, 1.54) is 51.4 Å². The van der Waals surface area contributed by atoms with Gasteiger partial charge in [0.15, 0.2) is 0 Å². The normalized spacial score (nSPS) is 28.4. The standard InChI is InChI=1S/C14H26/c1-3-4-5-6-7-11-14-12-9-8-10-13(14)2/h6-7,13-14H,3-5,8-12H2,1-2H3/t13-,14-/m0/s1. The maximum absolute atomic E-state index is 2.43. The fourth-order valence-corrected chi connectivity index (χ4v) is 2.45. The van der Waals surface area contributed by atoms with Gasteiger partial charge in [-0.15, -0.1) is 0 Å². The van der Waals surface area contributed by atoms with Gasteiger partial charge >= 0.3 is 0 Å². The first-order valence-corrected chi connectivity index (χ1v) is 6.49. The SMILES string of the molecule is CCCCC=CC[C@H]1CCCC[C@@H]1C. The Bertz CT molecular complexity index is 157. The van der Waals surface area contributed by atoms with Crippen molar-refractivity contribution in [1.82, 2.24) is 0 Å². The molecule has 1 aliphatic carbocycles. The van der Waals surface area contributed by atoms with Crippen molar-refractivity contribution in [1.29, 1.82) is 0 Å². The zero-order valence-corrected chi connectivity index (χ0v) is 9.97. The van der Waals surface area contributed by atoms with Crippen molar-refractivity contribution in [3.8, 4) is 0 Å². The molecule has 0 aromatic heterocycles. The molecule has 0 spiro atoms. The average molecular weight is 194 g/mol. The van der Waals surface area contributed by atoms with Crippen LogP contribution < -0.4 is 0 Å². The van der Waals surface area contributed by atoms with Gasteiger partial charge in [-0.25, -0.2) is 0 Å². The first-order chi connectivity index (χ1) is 6.84. The number of rotatable bonds is 5. The Morgan fingerprint density at radius 3 is 2.64 bits per heavy atom. The molecule has 0 N–H and O–H groups in total. The van der Waals surface area contributed by atoms with E-state index in [1.807, 2.05) is 0 Å². The predicted octanol–water partition coefficient (Wildman–Crippen LogP) is 4.95. The van der Waals surface area contributed by atoms with Crippen LogP contribution in [0.5, 0.6) is 0 Å². The van der Waals surface area contributed by atoms with Crippen LogP contribution in [0.4, 0.5) is 0 Å². The molecule has 1 fully saturated rings. The van der Waals surface area contributed by atoms with E-state index in [0.29, 0.717) is 0 Å². The molecule has 0 radical (unpaired) electrons. The van der Waals surface area contributed by atoms with Gasteiger partial charge in [0.25, 0.3) is 0 Å². The molecule has 82 valence electrons. The summed E-state index contributed by atoms with van der Waals surface area (Å²) < 4.78 is 0. The quantitative estimate of drug-likeness (QED) is 0.429. The fraction of sp³-hybridized carbons (Fsp3) is 0.857. The summed E-state index contributed by atoms with van der Waals surface area (Å²) >= 11 is 0. The van der Waals surface area contributed by atoms with Crippen molar-refractivity contribution in [2.45, 2.75) is 65.2 Å². The van der Waals surface area contributed by atoms with Crippen LogP contribution in [-0.2, 0) is 0 Å². The molecular weight excluding hydrogens is 168 g/mol. The van der Waals surface area contributed by atoms with Crippen LogP contribution in [0.1, 0.15) is 65.2 Å². The molecule has 0 aromatic rings. The largest absolute Gasteiger partial charge is 0.0885 e. The molecule has 0 amide bonds. The lowest BCUT2D eigenvalue weighted by atomic mass is 9.78. The fourth-order valence-electron chi connectivity index (χ4n) is 2.45. The van der Waals surface area contributed by atoms with Crippen LogP contribution in [0.3, 0.4) is 0 Å². The summed E-state index contributed by atoms with van der Waals surface area (Å²) in [6.45, 7) is 4.70. The van der Waals surface area contributed by atoms with Crippen LogP contribution in [0.2, 0.25) is 0 Å².